The second-order valence-electron chi connectivity index (χ2n) is 5.41. The first-order chi connectivity index (χ1) is 13.2. The zero-order chi connectivity index (χ0) is 18.9. The lowest BCUT2D eigenvalue weighted by molar-refractivity contribution is 0.287. The van der Waals surface area contributed by atoms with Crippen molar-refractivity contribution in [2.24, 2.45) is 5.10 Å². The minimum Gasteiger partial charge on any atom is -0.493 e. The SMILES string of the molecule is COc1cc(/C=N\NC(=S)NCc2ccco2)ccc1OCc1cccs1. The van der Waals surface area contributed by atoms with Gasteiger partial charge >= 0.3 is 0 Å². The van der Waals surface area contributed by atoms with Gasteiger partial charge in [-0.05, 0) is 59.6 Å². The number of hydrogen-bond donors (Lipinski definition) is 2. The Hall–Kier alpha value is -2.84. The Bertz CT molecular complexity index is 878. The summed E-state index contributed by atoms with van der Waals surface area (Å²) in [4.78, 5) is 1.16. The van der Waals surface area contributed by atoms with Gasteiger partial charge in [0.05, 0.1) is 26.1 Å². The van der Waals surface area contributed by atoms with E-state index in [-0.39, 0.29) is 0 Å². The van der Waals surface area contributed by atoms with Crippen molar-refractivity contribution in [3.8, 4) is 11.5 Å². The molecule has 0 fully saturated rings. The van der Waals surface area contributed by atoms with Crippen molar-refractivity contribution in [3.63, 3.8) is 0 Å². The first-order valence-electron chi connectivity index (χ1n) is 8.17. The number of thiocarbonyl (C=S) groups is 1. The molecule has 2 aromatic heterocycles. The molecule has 27 heavy (non-hydrogen) atoms. The molecule has 0 radical (unpaired) electrons. The van der Waals surface area contributed by atoms with Crippen LogP contribution in [0.5, 0.6) is 11.5 Å². The Balaban J connectivity index is 1.51. The molecule has 6 nitrogen and oxygen atoms in total. The summed E-state index contributed by atoms with van der Waals surface area (Å²) in [5, 5.41) is 9.56. The van der Waals surface area contributed by atoms with E-state index in [0.29, 0.717) is 29.8 Å². The second-order valence-corrected chi connectivity index (χ2v) is 6.85. The normalized spacial score (nSPS) is 10.7. The maximum absolute atomic E-state index is 5.82. The Morgan fingerprint density at radius 2 is 2.19 bits per heavy atom. The van der Waals surface area contributed by atoms with E-state index in [2.05, 4.69) is 15.8 Å². The van der Waals surface area contributed by atoms with E-state index >= 15 is 0 Å². The van der Waals surface area contributed by atoms with Crippen LogP contribution in [0.3, 0.4) is 0 Å². The molecule has 1 aromatic carbocycles. The fourth-order valence-corrected chi connectivity index (χ4v) is 2.95. The molecule has 0 saturated carbocycles. The average Bonchev–Trinajstić information content (AvgIpc) is 3.39. The molecule has 3 rings (SSSR count). The van der Waals surface area contributed by atoms with Crippen LogP contribution in [0.4, 0.5) is 0 Å². The molecule has 0 amide bonds. The number of thiophene rings is 1. The van der Waals surface area contributed by atoms with Gasteiger partial charge in [-0.15, -0.1) is 11.3 Å². The minimum atomic E-state index is 0.408. The molecule has 0 atom stereocenters. The van der Waals surface area contributed by atoms with E-state index in [9.17, 15) is 0 Å². The van der Waals surface area contributed by atoms with Crippen LogP contribution < -0.4 is 20.2 Å². The third-order valence-corrected chi connectivity index (χ3v) is 4.61. The standard InChI is InChI=1S/C19H19N3O3S2/c1-23-18-10-14(6-7-17(18)25-13-16-5-3-9-27-16)11-21-22-19(26)20-12-15-4-2-8-24-15/h2-11H,12-13H2,1H3,(H2,20,22,26)/b21-11-. The van der Waals surface area contributed by atoms with Gasteiger partial charge in [0.1, 0.15) is 12.4 Å². The van der Waals surface area contributed by atoms with Gasteiger partial charge in [0.2, 0.25) is 0 Å². The summed E-state index contributed by atoms with van der Waals surface area (Å²) < 4.78 is 16.5. The van der Waals surface area contributed by atoms with Crippen LogP contribution in [0.2, 0.25) is 0 Å². The highest BCUT2D eigenvalue weighted by atomic mass is 32.1. The highest BCUT2D eigenvalue weighted by Crippen LogP contribution is 2.28. The van der Waals surface area contributed by atoms with Gasteiger partial charge < -0.3 is 19.2 Å². The molecule has 0 spiro atoms. The van der Waals surface area contributed by atoms with Gasteiger partial charge in [-0.2, -0.15) is 5.10 Å². The van der Waals surface area contributed by atoms with Crippen molar-refractivity contribution in [1.29, 1.82) is 0 Å². The Kier molecular flexibility index (Phi) is 6.84. The summed E-state index contributed by atoms with van der Waals surface area (Å²) in [6.45, 7) is 1.01. The molecule has 8 heteroatoms. The lowest BCUT2D eigenvalue weighted by Crippen LogP contribution is -2.31. The van der Waals surface area contributed by atoms with Crippen molar-refractivity contribution < 1.29 is 13.9 Å². The number of nitrogens with zero attached hydrogens (tertiary/aromatic N) is 1. The topological polar surface area (TPSA) is 68.0 Å². The van der Waals surface area contributed by atoms with Gasteiger partial charge in [-0.25, -0.2) is 0 Å². The molecule has 0 aliphatic heterocycles. The van der Waals surface area contributed by atoms with Crippen LogP contribution in [0.1, 0.15) is 16.2 Å². The number of hydrazone groups is 1. The third kappa shape index (κ3) is 5.83. The van der Waals surface area contributed by atoms with Gasteiger partial charge in [0.25, 0.3) is 0 Å². The number of ether oxygens (including phenoxy) is 2. The van der Waals surface area contributed by atoms with Gasteiger partial charge in [-0.3, -0.25) is 5.43 Å². The number of methoxy groups -OCH3 is 1. The number of hydrogen-bond acceptors (Lipinski definition) is 6. The molecule has 0 unspecified atom stereocenters. The van der Waals surface area contributed by atoms with E-state index < -0.39 is 0 Å². The molecular weight excluding hydrogens is 382 g/mol. The largest absolute Gasteiger partial charge is 0.493 e. The molecule has 2 heterocycles. The van der Waals surface area contributed by atoms with Crippen molar-refractivity contribution >= 4 is 34.9 Å². The Morgan fingerprint density at radius 1 is 1.26 bits per heavy atom. The van der Waals surface area contributed by atoms with Gasteiger partial charge in [0, 0.05) is 4.88 Å². The summed E-state index contributed by atoms with van der Waals surface area (Å²) >= 11 is 6.82. The highest BCUT2D eigenvalue weighted by molar-refractivity contribution is 7.80. The second kappa shape index (κ2) is 9.75. The fraction of sp³-hybridized carbons (Fsp3) is 0.158. The number of furan rings is 1. The number of nitrogens with one attached hydrogen (secondary N) is 2. The zero-order valence-electron chi connectivity index (χ0n) is 14.7. The summed E-state index contributed by atoms with van der Waals surface area (Å²) in [5.74, 6) is 2.13. The minimum absolute atomic E-state index is 0.408. The molecular formula is C19H19N3O3S2. The lowest BCUT2D eigenvalue weighted by atomic mass is 10.2. The predicted octanol–water partition coefficient (Wildman–Crippen LogP) is 3.93. The van der Waals surface area contributed by atoms with Crippen LogP contribution in [0.15, 0.2) is 63.6 Å². The number of benzene rings is 1. The van der Waals surface area contributed by atoms with Crippen LogP contribution in [-0.2, 0) is 13.2 Å². The van der Waals surface area contributed by atoms with E-state index in [1.807, 2.05) is 47.8 Å². The van der Waals surface area contributed by atoms with Crippen molar-refractivity contribution in [1.82, 2.24) is 10.7 Å². The molecule has 140 valence electrons. The molecule has 0 bridgehead atoms. The third-order valence-electron chi connectivity index (χ3n) is 3.52. The molecule has 0 aliphatic carbocycles. The maximum Gasteiger partial charge on any atom is 0.187 e. The summed E-state index contributed by atoms with van der Waals surface area (Å²) in [6, 6.07) is 13.3. The maximum atomic E-state index is 5.82. The van der Waals surface area contributed by atoms with E-state index in [0.717, 1.165) is 16.2 Å². The summed E-state index contributed by atoms with van der Waals surface area (Å²) in [6.07, 6.45) is 3.28. The van der Waals surface area contributed by atoms with E-state index in [1.165, 1.54) is 0 Å². The summed E-state index contributed by atoms with van der Waals surface area (Å²) in [5.41, 5.74) is 3.62. The molecule has 3 aromatic rings. The average molecular weight is 402 g/mol. The van der Waals surface area contributed by atoms with E-state index in [1.54, 1.807) is 30.9 Å². The molecule has 2 N–H and O–H groups in total. The first-order valence-corrected chi connectivity index (χ1v) is 9.46. The van der Waals surface area contributed by atoms with Crippen molar-refractivity contribution in [3.05, 3.63) is 70.3 Å². The predicted molar refractivity (Wildman–Crippen MR) is 111 cm³/mol. The fourth-order valence-electron chi connectivity index (χ4n) is 2.21. The van der Waals surface area contributed by atoms with Crippen molar-refractivity contribution in [2.75, 3.05) is 7.11 Å². The molecule has 0 saturated heterocycles. The number of rotatable bonds is 8. The quantitative estimate of drug-likeness (QED) is 0.339. The first kappa shape index (κ1) is 18.9. The van der Waals surface area contributed by atoms with Crippen LogP contribution in [-0.4, -0.2) is 18.4 Å². The smallest absolute Gasteiger partial charge is 0.187 e. The van der Waals surface area contributed by atoms with Crippen LogP contribution in [0, 0.1) is 0 Å². The summed E-state index contributed by atoms with van der Waals surface area (Å²) in [7, 11) is 1.61. The van der Waals surface area contributed by atoms with Crippen molar-refractivity contribution in [2.45, 2.75) is 13.2 Å². The zero-order valence-corrected chi connectivity index (χ0v) is 16.3. The van der Waals surface area contributed by atoms with E-state index in [4.69, 9.17) is 26.1 Å². The molecule has 0 aliphatic rings. The van der Waals surface area contributed by atoms with Crippen LogP contribution >= 0.6 is 23.6 Å². The monoisotopic (exact) mass is 401 g/mol. The van der Waals surface area contributed by atoms with Crippen LogP contribution in [0.25, 0.3) is 0 Å². The van der Waals surface area contributed by atoms with Gasteiger partial charge in [0.15, 0.2) is 16.6 Å². The van der Waals surface area contributed by atoms with Gasteiger partial charge in [-0.1, -0.05) is 6.07 Å². The Labute approximate surface area is 166 Å². The highest BCUT2D eigenvalue weighted by Gasteiger charge is 2.06. The Morgan fingerprint density at radius 3 is 2.93 bits per heavy atom. The lowest BCUT2D eigenvalue weighted by Gasteiger charge is -2.10.